The van der Waals surface area contributed by atoms with Crippen molar-refractivity contribution in [2.45, 2.75) is 26.2 Å². The van der Waals surface area contributed by atoms with Crippen LogP contribution in [0.25, 0.3) is 0 Å². The molecule has 0 spiro atoms. The third-order valence-corrected chi connectivity index (χ3v) is 4.39. The van der Waals surface area contributed by atoms with E-state index in [0.717, 1.165) is 23.0 Å². The molecule has 2 N–H and O–H groups in total. The van der Waals surface area contributed by atoms with Crippen molar-refractivity contribution in [3.63, 3.8) is 0 Å². The second-order valence-corrected chi connectivity index (χ2v) is 7.67. The predicted octanol–water partition coefficient (Wildman–Crippen LogP) is 5.02. The van der Waals surface area contributed by atoms with E-state index in [4.69, 9.17) is 9.47 Å². The van der Waals surface area contributed by atoms with E-state index in [2.05, 4.69) is 65.6 Å². The minimum absolute atomic E-state index is 0.137. The lowest BCUT2D eigenvalue weighted by molar-refractivity contribution is 0.331. The van der Waals surface area contributed by atoms with E-state index in [-0.39, 0.29) is 5.41 Å². The largest absolute Gasteiger partial charge is 0.497 e. The van der Waals surface area contributed by atoms with Crippen molar-refractivity contribution >= 4 is 17.5 Å². The summed E-state index contributed by atoms with van der Waals surface area (Å²) in [5, 5.41) is 6.50. The minimum Gasteiger partial charge on any atom is -0.497 e. The smallest absolute Gasteiger partial charge is 0.224 e. The van der Waals surface area contributed by atoms with Crippen LogP contribution >= 0.6 is 0 Å². The van der Waals surface area contributed by atoms with E-state index in [0.29, 0.717) is 19.1 Å². The topological polar surface area (TPSA) is 68.3 Å². The van der Waals surface area contributed by atoms with Gasteiger partial charge in [0.05, 0.1) is 13.7 Å². The number of hydrogen-bond acceptors (Lipinski definition) is 6. The first kappa shape index (κ1) is 20.5. The molecular weight excluding hydrogens is 364 g/mol. The first-order valence-electron chi connectivity index (χ1n) is 9.65. The second-order valence-electron chi connectivity index (χ2n) is 7.67. The lowest BCUT2D eigenvalue weighted by Crippen LogP contribution is -2.13. The number of ether oxygens (including phenoxy) is 2. The molecule has 0 atom stereocenters. The summed E-state index contributed by atoms with van der Waals surface area (Å²) in [6.45, 7) is 7.71. The molecule has 152 valence electrons. The summed E-state index contributed by atoms with van der Waals surface area (Å²) < 4.78 is 10.8. The second kappa shape index (κ2) is 9.28. The number of rotatable bonds is 8. The number of hydrogen-bond donors (Lipinski definition) is 2. The molecule has 0 saturated carbocycles. The zero-order valence-electron chi connectivity index (χ0n) is 17.4. The third kappa shape index (κ3) is 6.10. The highest BCUT2D eigenvalue weighted by atomic mass is 16.5. The SMILES string of the molecule is COc1ccc(OCCNc2nccc(Nc3ccc(C(C)(C)C)cc3)n2)cc1. The highest BCUT2D eigenvalue weighted by molar-refractivity contribution is 5.57. The molecule has 29 heavy (non-hydrogen) atoms. The summed E-state index contributed by atoms with van der Waals surface area (Å²) in [6, 6.07) is 17.8. The van der Waals surface area contributed by atoms with Gasteiger partial charge in [0.15, 0.2) is 0 Å². The Bertz CT molecular complexity index is 903. The van der Waals surface area contributed by atoms with Crippen LogP contribution in [0.2, 0.25) is 0 Å². The third-order valence-electron chi connectivity index (χ3n) is 4.39. The zero-order valence-corrected chi connectivity index (χ0v) is 17.4. The van der Waals surface area contributed by atoms with E-state index in [1.165, 1.54) is 5.56 Å². The summed E-state index contributed by atoms with van der Waals surface area (Å²) in [4.78, 5) is 8.76. The standard InChI is InChI=1S/C23H28N4O2/c1-23(2,3)17-5-7-18(8-6-17)26-21-13-14-24-22(27-21)25-15-16-29-20-11-9-19(28-4)10-12-20/h5-14H,15-16H2,1-4H3,(H2,24,25,26,27). The lowest BCUT2D eigenvalue weighted by Gasteiger charge is -2.19. The first-order chi connectivity index (χ1) is 13.9. The summed E-state index contributed by atoms with van der Waals surface area (Å²) in [5.74, 6) is 2.89. The van der Waals surface area contributed by atoms with Crippen molar-refractivity contribution in [3.05, 3.63) is 66.4 Å². The van der Waals surface area contributed by atoms with Crippen LogP contribution in [0, 0.1) is 0 Å². The van der Waals surface area contributed by atoms with Gasteiger partial charge in [-0.3, -0.25) is 0 Å². The molecule has 1 aromatic heterocycles. The normalized spacial score (nSPS) is 11.0. The number of methoxy groups -OCH3 is 1. The average Bonchev–Trinajstić information content (AvgIpc) is 2.72. The van der Waals surface area contributed by atoms with Gasteiger partial charge in [0.2, 0.25) is 5.95 Å². The monoisotopic (exact) mass is 392 g/mol. The van der Waals surface area contributed by atoms with Gasteiger partial charge in [-0.2, -0.15) is 4.98 Å². The van der Waals surface area contributed by atoms with Gasteiger partial charge in [-0.05, 0) is 53.4 Å². The van der Waals surface area contributed by atoms with Crippen molar-refractivity contribution in [2.75, 3.05) is 30.9 Å². The fourth-order valence-electron chi connectivity index (χ4n) is 2.72. The van der Waals surface area contributed by atoms with Crippen molar-refractivity contribution in [3.8, 4) is 11.5 Å². The van der Waals surface area contributed by atoms with Crippen LogP contribution in [0.1, 0.15) is 26.3 Å². The molecule has 3 rings (SSSR count). The van der Waals surface area contributed by atoms with Gasteiger partial charge in [-0.25, -0.2) is 4.98 Å². The highest BCUT2D eigenvalue weighted by Crippen LogP contribution is 2.24. The summed E-state index contributed by atoms with van der Waals surface area (Å²) in [6.07, 6.45) is 1.73. The Labute approximate surface area is 172 Å². The van der Waals surface area contributed by atoms with Crippen LogP contribution in [0.15, 0.2) is 60.8 Å². The highest BCUT2D eigenvalue weighted by Gasteiger charge is 2.12. The fourth-order valence-corrected chi connectivity index (χ4v) is 2.72. The molecule has 3 aromatic rings. The first-order valence-corrected chi connectivity index (χ1v) is 9.65. The Morgan fingerprint density at radius 1 is 0.897 bits per heavy atom. The molecule has 0 aliphatic carbocycles. The van der Waals surface area contributed by atoms with Crippen LogP contribution in [-0.4, -0.2) is 30.2 Å². The molecule has 6 nitrogen and oxygen atoms in total. The Balaban J connectivity index is 1.50. The maximum Gasteiger partial charge on any atom is 0.224 e. The fraction of sp³-hybridized carbons (Fsp3) is 0.304. The van der Waals surface area contributed by atoms with Crippen molar-refractivity contribution in [2.24, 2.45) is 0 Å². The summed E-state index contributed by atoms with van der Waals surface area (Å²) >= 11 is 0. The summed E-state index contributed by atoms with van der Waals surface area (Å²) in [7, 11) is 1.64. The Morgan fingerprint density at radius 3 is 2.24 bits per heavy atom. The minimum atomic E-state index is 0.137. The lowest BCUT2D eigenvalue weighted by atomic mass is 9.87. The molecule has 0 bridgehead atoms. The molecule has 1 heterocycles. The zero-order chi connectivity index (χ0) is 20.7. The molecule has 0 aliphatic rings. The van der Waals surface area contributed by atoms with E-state index >= 15 is 0 Å². The van der Waals surface area contributed by atoms with Gasteiger partial charge in [0, 0.05) is 11.9 Å². The Hall–Kier alpha value is -3.28. The number of nitrogens with zero attached hydrogens (tertiary/aromatic N) is 2. The van der Waals surface area contributed by atoms with Crippen molar-refractivity contribution in [1.82, 2.24) is 9.97 Å². The number of anilines is 3. The van der Waals surface area contributed by atoms with Gasteiger partial charge in [-0.15, -0.1) is 0 Å². The predicted molar refractivity (Wildman–Crippen MR) is 117 cm³/mol. The van der Waals surface area contributed by atoms with Crippen LogP contribution in [-0.2, 0) is 5.41 Å². The number of nitrogens with one attached hydrogen (secondary N) is 2. The van der Waals surface area contributed by atoms with Crippen LogP contribution < -0.4 is 20.1 Å². The van der Waals surface area contributed by atoms with Crippen molar-refractivity contribution < 1.29 is 9.47 Å². The maximum absolute atomic E-state index is 5.70. The maximum atomic E-state index is 5.70. The molecule has 0 aliphatic heterocycles. The van der Waals surface area contributed by atoms with Gasteiger partial charge in [0.25, 0.3) is 0 Å². The Morgan fingerprint density at radius 2 is 1.59 bits per heavy atom. The average molecular weight is 393 g/mol. The van der Waals surface area contributed by atoms with Gasteiger partial charge in [-0.1, -0.05) is 32.9 Å². The molecular formula is C23H28N4O2. The molecule has 0 saturated heterocycles. The van der Waals surface area contributed by atoms with Crippen LogP contribution in [0.5, 0.6) is 11.5 Å². The molecule has 0 radical (unpaired) electrons. The molecule has 2 aromatic carbocycles. The van der Waals surface area contributed by atoms with Crippen molar-refractivity contribution in [1.29, 1.82) is 0 Å². The quantitative estimate of drug-likeness (QED) is 0.525. The van der Waals surface area contributed by atoms with Gasteiger partial charge in [0.1, 0.15) is 23.9 Å². The van der Waals surface area contributed by atoms with Gasteiger partial charge >= 0.3 is 0 Å². The van der Waals surface area contributed by atoms with E-state index < -0.39 is 0 Å². The van der Waals surface area contributed by atoms with Crippen LogP contribution in [0.4, 0.5) is 17.5 Å². The molecule has 0 fully saturated rings. The van der Waals surface area contributed by atoms with Gasteiger partial charge < -0.3 is 20.1 Å². The number of aromatic nitrogens is 2. The molecule has 6 heteroatoms. The van der Waals surface area contributed by atoms with E-state index in [1.54, 1.807) is 13.3 Å². The van der Waals surface area contributed by atoms with E-state index in [1.807, 2.05) is 30.3 Å². The number of benzene rings is 2. The summed E-state index contributed by atoms with van der Waals surface area (Å²) in [5.41, 5.74) is 2.42. The molecule has 0 unspecified atom stereocenters. The van der Waals surface area contributed by atoms with E-state index in [9.17, 15) is 0 Å². The molecule has 0 amide bonds. The van der Waals surface area contributed by atoms with Crippen LogP contribution in [0.3, 0.4) is 0 Å². The Kier molecular flexibility index (Phi) is 6.54.